The molecule has 1 aromatic heterocycles. The minimum atomic E-state index is -1.02. The summed E-state index contributed by atoms with van der Waals surface area (Å²) >= 11 is 0. The van der Waals surface area contributed by atoms with E-state index in [4.69, 9.17) is 0 Å². The highest BCUT2D eigenvalue weighted by Gasteiger charge is 2.30. The number of aliphatic hydroxyl groups excluding tert-OH is 1. The van der Waals surface area contributed by atoms with E-state index in [1.54, 1.807) is 4.90 Å². The SMILES string of the molecule is Cc1[nH]nc(CCC(=O)N2CCCC(O)(CO)CC2)c1C. The fraction of sp³-hybridized carbons (Fsp3) is 0.733. The Morgan fingerprint density at radius 2 is 2.14 bits per heavy atom. The van der Waals surface area contributed by atoms with E-state index in [0.717, 1.165) is 23.4 Å². The van der Waals surface area contributed by atoms with Gasteiger partial charge < -0.3 is 15.1 Å². The number of hydrogen-bond acceptors (Lipinski definition) is 4. The molecule has 0 saturated carbocycles. The van der Waals surface area contributed by atoms with E-state index in [9.17, 15) is 15.0 Å². The monoisotopic (exact) mass is 295 g/mol. The maximum Gasteiger partial charge on any atom is 0.222 e. The molecule has 1 saturated heterocycles. The maximum atomic E-state index is 12.3. The molecule has 1 atom stereocenters. The highest BCUT2D eigenvalue weighted by atomic mass is 16.3. The molecule has 0 spiro atoms. The lowest BCUT2D eigenvalue weighted by atomic mass is 9.96. The lowest BCUT2D eigenvalue weighted by molar-refractivity contribution is -0.131. The zero-order chi connectivity index (χ0) is 15.5. The van der Waals surface area contributed by atoms with Gasteiger partial charge in [0.15, 0.2) is 0 Å². The van der Waals surface area contributed by atoms with Crippen molar-refractivity contribution in [1.29, 1.82) is 0 Å². The second kappa shape index (κ2) is 6.58. The molecule has 2 rings (SSSR count). The van der Waals surface area contributed by atoms with Crippen LogP contribution in [0.1, 0.15) is 42.6 Å². The molecule has 6 nitrogen and oxygen atoms in total. The van der Waals surface area contributed by atoms with Crippen LogP contribution in [-0.2, 0) is 11.2 Å². The first-order valence-electron chi connectivity index (χ1n) is 7.57. The fourth-order valence-corrected chi connectivity index (χ4v) is 2.75. The number of hydrogen-bond donors (Lipinski definition) is 3. The molecular weight excluding hydrogens is 270 g/mol. The third kappa shape index (κ3) is 3.83. The van der Waals surface area contributed by atoms with Crippen LogP contribution >= 0.6 is 0 Å². The van der Waals surface area contributed by atoms with Crippen LogP contribution in [0.25, 0.3) is 0 Å². The number of nitrogens with one attached hydrogen (secondary N) is 1. The Kier molecular flexibility index (Phi) is 5.00. The van der Waals surface area contributed by atoms with Crippen LogP contribution < -0.4 is 0 Å². The van der Waals surface area contributed by atoms with E-state index in [-0.39, 0.29) is 12.5 Å². The molecule has 1 unspecified atom stereocenters. The summed E-state index contributed by atoms with van der Waals surface area (Å²) in [7, 11) is 0. The number of nitrogens with zero attached hydrogens (tertiary/aromatic N) is 2. The van der Waals surface area contributed by atoms with Crippen LogP contribution in [-0.4, -0.2) is 56.5 Å². The van der Waals surface area contributed by atoms with Crippen molar-refractivity contribution in [3.8, 4) is 0 Å². The van der Waals surface area contributed by atoms with Gasteiger partial charge in [0.05, 0.1) is 17.9 Å². The van der Waals surface area contributed by atoms with Crippen molar-refractivity contribution >= 4 is 5.91 Å². The van der Waals surface area contributed by atoms with E-state index >= 15 is 0 Å². The third-order valence-electron chi connectivity index (χ3n) is 4.49. The molecule has 1 aliphatic rings. The Balaban J connectivity index is 1.87. The summed E-state index contributed by atoms with van der Waals surface area (Å²) in [6.07, 6.45) is 2.78. The summed E-state index contributed by atoms with van der Waals surface area (Å²) in [5.74, 6) is 0.0947. The lowest BCUT2D eigenvalue weighted by Gasteiger charge is -2.24. The molecule has 6 heteroatoms. The summed E-state index contributed by atoms with van der Waals surface area (Å²) in [6.45, 7) is 4.90. The molecular formula is C15H25N3O3. The topological polar surface area (TPSA) is 89.5 Å². The van der Waals surface area contributed by atoms with E-state index in [1.165, 1.54) is 0 Å². The summed E-state index contributed by atoms with van der Waals surface area (Å²) in [5, 5.41) is 26.5. The number of likely N-dealkylation sites (tertiary alicyclic amines) is 1. The minimum Gasteiger partial charge on any atom is -0.393 e. The number of aromatic amines is 1. The highest BCUT2D eigenvalue weighted by Crippen LogP contribution is 2.22. The number of carbonyl (C=O) groups excluding carboxylic acids is 1. The molecule has 1 amide bonds. The van der Waals surface area contributed by atoms with E-state index in [1.807, 2.05) is 13.8 Å². The number of aryl methyl sites for hydroxylation is 2. The molecule has 21 heavy (non-hydrogen) atoms. The summed E-state index contributed by atoms with van der Waals surface area (Å²) in [6, 6.07) is 0. The van der Waals surface area contributed by atoms with Crippen LogP contribution in [0.5, 0.6) is 0 Å². The standard InChI is InChI=1S/C15H25N3O3/c1-11-12(2)16-17-13(11)4-5-14(20)18-8-3-6-15(21,10-19)7-9-18/h19,21H,3-10H2,1-2H3,(H,16,17). The molecule has 118 valence electrons. The average Bonchev–Trinajstić information content (AvgIpc) is 2.68. The number of aliphatic hydroxyl groups is 2. The van der Waals surface area contributed by atoms with Gasteiger partial charge in [-0.3, -0.25) is 9.89 Å². The molecule has 1 fully saturated rings. The van der Waals surface area contributed by atoms with Crippen LogP contribution in [0, 0.1) is 13.8 Å². The van der Waals surface area contributed by atoms with Crippen molar-refractivity contribution < 1.29 is 15.0 Å². The maximum absolute atomic E-state index is 12.3. The van der Waals surface area contributed by atoms with Gasteiger partial charge in [0, 0.05) is 31.6 Å². The minimum absolute atomic E-state index is 0.0947. The van der Waals surface area contributed by atoms with Crippen LogP contribution in [0.4, 0.5) is 0 Å². The average molecular weight is 295 g/mol. The number of carbonyl (C=O) groups is 1. The van der Waals surface area contributed by atoms with Crippen LogP contribution in [0.3, 0.4) is 0 Å². The zero-order valence-corrected chi connectivity index (χ0v) is 12.9. The Morgan fingerprint density at radius 3 is 2.76 bits per heavy atom. The number of amides is 1. The number of aromatic nitrogens is 2. The number of H-pyrrole nitrogens is 1. The summed E-state index contributed by atoms with van der Waals surface area (Å²) in [5.41, 5.74) is 2.08. The van der Waals surface area contributed by atoms with Gasteiger partial charge in [-0.1, -0.05) is 0 Å². The van der Waals surface area contributed by atoms with Crippen molar-refractivity contribution in [3.63, 3.8) is 0 Å². The molecule has 1 aromatic rings. The zero-order valence-electron chi connectivity index (χ0n) is 12.9. The Morgan fingerprint density at radius 1 is 1.38 bits per heavy atom. The van der Waals surface area contributed by atoms with Gasteiger partial charge in [-0.15, -0.1) is 0 Å². The molecule has 0 aromatic carbocycles. The Labute approximate surface area is 125 Å². The smallest absolute Gasteiger partial charge is 0.222 e. The van der Waals surface area contributed by atoms with Crippen molar-refractivity contribution in [2.45, 2.75) is 51.6 Å². The molecule has 3 N–H and O–H groups in total. The van der Waals surface area contributed by atoms with Gasteiger partial charge in [-0.05, 0) is 38.7 Å². The van der Waals surface area contributed by atoms with Crippen LogP contribution in [0.2, 0.25) is 0 Å². The normalized spacial score (nSPS) is 23.1. The summed E-state index contributed by atoms with van der Waals surface area (Å²) < 4.78 is 0. The predicted octanol–water partition coefficient (Wildman–Crippen LogP) is 0.695. The quantitative estimate of drug-likeness (QED) is 0.762. The van der Waals surface area contributed by atoms with Gasteiger partial charge in [0.1, 0.15) is 0 Å². The molecule has 0 radical (unpaired) electrons. The second-order valence-corrected chi connectivity index (χ2v) is 6.04. The van der Waals surface area contributed by atoms with Crippen molar-refractivity contribution in [3.05, 3.63) is 17.0 Å². The second-order valence-electron chi connectivity index (χ2n) is 6.04. The third-order valence-corrected chi connectivity index (χ3v) is 4.49. The van der Waals surface area contributed by atoms with Gasteiger partial charge in [0.2, 0.25) is 5.91 Å². The van der Waals surface area contributed by atoms with Gasteiger partial charge >= 0.3 is 0 Å². The summed E-state index contributed by atoms with van der Waals surface area (Å²) in [4.78, 5) is 14.1. The number of rotatable bonds is 4. The first kappa shape index (κ1) is 16.0. The van der Waals surface area contributed by atoms with E-state index in [2.05, 4.69) is 10.2 Å². The lowest BCUT2D eigenvalue weighted by Crippen LogP contribution is -2.36. The first-order chi connectivity index (χ1) is 9.95. The Bertz CT molecular complexity index is 500. The Hall–Kier alpha value is -1.40. The van der Waals surface area contributed by atoms with Crippen LogP contribution in [0.15, 0.2) is 0 Å². The fourth-order valence-electron chi connectivity index (χ4n) is 2.75. The first-order valence-corrected chi connectivity index (χ1v) is 7.57. The van der Waals surface area contributed by atoms with Crippen molar-refractivity contribution in [2.24, 2.45) is 0 Å². The van der Waals surface area contributed by atoms with Gasteiger partial charge in [0.25, 0.3) is 0 Å². The van der Waals surface area contributed by atoms with E-state index in [0.29, 0.717) is 38.8 Å². The molecule has 2 heterocycles. The molecule has 1 aliphatic heterocycles. The van der Waals surface area contributed by atoms with Gasteiger partial charge in [-0.25, -0.2) is 0 Å². The molecule has 0 aliphatic carbocycles. The van der Waals surface area contributed by atoms with Gasteiger partial charge in [-0.2, -0.15) is 5.10 Å². The predicted molar refractivity (Wildman–Crippen MR) is 78.8 cm³/mol. The van der Waals surface area contributed by atoms with E-state index < -0.39 is 5.60 Å². The highest BCUT2D eigenvalue weighted by molar-refractivity contribution is 5.76. The largest absolute Gasteiger partial charge is 0.393 e. The van der Waals surface area contributed by atoms with Crippen molar-refractivity contribution in [2.75, 3.05) is 19.7 Å². The molecule has 0 bridgehead atoms. The van der Waals surface area contributed by atoms with Crippen molar-refractivity contribution in [1.82, 2.24) is 15.1 Å².